The first-order valence-electron chi connectivity index (χ1n) is 10.0. The summed E-state index contributed by atoms with van der Waals surface area (Å²) in [6.45, 7) is 0. The molecule has 2 aliphatic rings. The van der Waals surface area contributed by atoms with Gasteiger partial charge in [0.1, 0.15) is 10.7 Å². The first-order chi connectivity index (χ1) is 13.6. The highest BCUT2D eigenvalue weighted by atomic mass is 32.1. The van der Waals surface area contributed by atoms with Crippen molar-refractivity contribution in [2.24, 2.45) is 5.92 Å². The molecule has 4 nitrogen and oxygen atoms in total. The number of rotatable bonds is 4. The fourth-order valence-corrected chi connectivity index (χ4v) is 5.70. The molecule has 1 unspecified atom stereocenters. The van der Waals surface area contributed by atoms with E-state index in [1.807, 2.05) is 0 Å². The molecule has 0 radical (unpaired) electrons. The number of anilines is 1. The van der Waals surface area contributed by atoms with Crippen LogP contribution in [0.15, 0.2) is 30.3 Å². The maximum absolute atomic E-state index is 14.3. The van der Waals surface area contributed by atoms with Crippen molar-refractivity contribution in [3.63, 3.8) is 0 Å². The van der Waals surface area contributed by atoms with Crippen molar-refractivity contribution in [2.75, 3.05) is 4.90 Å². The molecule has 2 heterocycles. The van der Waals surface area contributed by atoms with Gasteiger partial charge in [-0.05, 0) is 43.7 Å². The Morgan fingerprint density at radius 3 is 2.57 bits per heavy atom. The molecule has 1 saturated carbocycles. The van der Waals surface area contributed by atoms with Gasteiger partial charge in [0.15, 0.2) is 0 Å². The van der Waals surface area contributed by atoms with Crippen molar-refractivity contribution in [1.29, 1.82) is 0 Å². The molecule has 0 bridgehead atoms. The fourth-order valence-electron chi connectivity index (χ4n) is 4.68. The number of hydrogen-bond donors (Lipinski definition) is 1. The van der Waals surface area contributed by atoms with Crippen LogP contribution in [0.4, 0.5) is 10.1 Å². The third-order valence-electron chi connectivity index (χ3n) is 5.99. The van der Waals surface area contributed by atoms with E-state index in [1.54, 1.807) is 29.2 Å². The second-order valence-electron chi connectivity index (χ2n) is 7.73. The van der Waals surface area contributed by atoms with Gasteiger partial charge >= 0.3 is 5.97 Å². The van der Waals surface area contributed by atoms with E-state index in [0.717, 1.165) is 37.0 Å². The molecule has 2 aromatic rings. The molecule has 1 aromatic heterocycles. The number of carboxylic acid groups (broad SMARTS) is 1. The second-order valence-corrected chi connectivity index (χ2v) is 8.78. The quantitative estimate of drug-likeness (QED) is 0.713. The van der Waals surface area contributed by atoms with Gasteiger partial charge in [0.2, 0.25) is 5.91 Å². The van der Waals surface area contributed by atoms with E-state index in [4.69, 9.17) is 0 Å². The van der Waals surface area contributed by atoms with E-state index < -0.39 is 5.97 Å². The monoisotopic (exact) mass is 401 g/mol. The number of carbonyl (C=O) groups excluding carboxylic acids is 1. The van der Waals surface area contributed by atoms with E-state index in [0.29, 0.717) is 28.5 Å². The molecule has 1 aliphatic heterocycles. The van der Waals surface area contributed by atoms with Crippen LogP contribution in [0.25, 0.3) is 10.4 Å². The molecule has 148 valence electrons. The van der Waals surface area contributed by atoms with Crippen molar-refractivity contribution in [3.05, 3.63) is 41.0 Å². The molecule has 1 atom stereocenters. The molecule has 1 aromatic carbocycles. The number of benzene rings is 1. The fraction of sp³-hybridized carbons (Fsp3) is 0.455. The van der Waals surface area contributed by atoms with E-state index in [-0.39, 0.29) is 22.6 Å². The minimum absolute atomic E-state index is 0.0118. The molecule has 0 spiro atoms. The maximum atomic E-state index is 14.3. The minimum Gasteiger partial charge on any atom is -0.477 e. The number of amides is 1. The van der Waals surface area contributed by atoms with Crippen LogP contribution >= 0.6 is 11.3 Å². The van der Waals surface area contributed by atoms with Crippen LogP contribution in [0, 0.1) is 11.7 Å². The summed E-state index contributed by atoms with van der Waals surface area (Å²) in [6.07, 6.45) is 7.92. The van der Waals surface area contributed by atoms with E-state index >= 15 is 0 Å². The second kappa shape index (κ2) is 8.03. The molecule has 4 rings (SSSR count). The van der Waals surface area contributed by atoms with Crippen LogP contribution in [0.1, 0.15) is 61.0 Å². The van der Waals surface area contributed by atoms with Gasteiger partial charge in [0.25, 0.3) is 0 Å². The molecule has 1 amide bonds. The Morgan fingerprint density at radius 1 is 1.11 bits per heavy atom. The van der Waals surface area contributed by atoms with Crippen molar-refractivity contribution in [3.8, 4) is 10.4 Å². The summed E-state index contributed by atoms with van der Waals surface area (Å²) in [7, 11) is 0. The lowest BCUT2D eigenvalue weighted by atomic mass is 9.79. The van der Waals surface area contributed by atoms with E-state index in [1.165, 1.54) is 25.3 Å². The Kier molecular flexibility index (Phi) is 5.49. The van der Waals surface area contributed by atoms with Gasteiger partial charge in [0, 0.05) is 22.9 Å². The Hall–Kier alpha value is -2.21. The van der Waals surface area contributed by atoms with Crippen molar-refractivity contribution in [2.45, 2.75) is 57.4 Å². The number of thiophene rings is 1. The lowest BCUT2D eigenvalue weighted by Crippen LogP contribution is -2.48. The molecule has 28 heavy (non-hydrogen) atoms. The number of halogens is 1. The van der Waals surface area contributed by atoms with Gasteiger partial charge in [-0.1, -0.05) is 37.5 Å². The standard InChI is InChI=1S/C22H24FNO3S/c23-16-10-5-4-9-15(16)19-13-18(21(28-19)22(26)27)24-17(11-6-12-20(24)25)14-7-2-1-3-8-14/h4-5,9-10,13-14,17H,1-3,6-8,11-12H2,(H,26,27). The summed E-state index contributed by atoms with van der Waals surface area (Å²) >= 11 is 1.05. The zero-order valence-corrected chi connectivity index (χ0v) is 16.5. The van der Waals surface area contributed by atoms with Gasteiger partial charge in [-0.3, -0.25) is 4.79 Å². The molecular formula is C22H24FNO3S. The summed E-state index contributed by atoms with van der Waals surface area (Å²) in [5.74, 6) is -1.05. The highest BCUT2D eigenvalue weighted by Crippen LogP contribution is 2.43. The molecule has 6 heteroatoms. The molecule has 1 saturated heterocycles. The van der Waals surface area contributed by atoms with Gasteiger partial charge < -0.3 is 10.0 Å². The van der Waals surface area contributed by atoms with E-state index in [9.17, 15) is 19.1 Å². The van der Waals surface area contributed by atoms with Crippen LogP contribution in [-0.2, 0) is 4.79 Å². The first kappa shape index (κ1) is 19.1. The van der Waals surface area contributed by atoms with Gasteiger partial charge in [-0.15, -0.1) is 11.3 Å². The highest BCUT2D eigenvalue weighted by molar-refractivity contribution is 7.18. The van der Waals surface area contributed by atoms with Gasteiger partial charge in [-0.2, -0.15) is 0 Å². The van der Waals surface area contributed by atoms with Crippen LogP contribution in [-0.4, -0.2) is 23.0 Å². The highest BCUT2D eigenvalue weighted by Gasteiger charge is 2.38. The predicted molar refractivity (Wildman–Crippen MR) is 108 cm³/mol. The van der Waals surface area contributed by atoms with Crippen LogP contribution < -0.4 is 4.90 Å². The van der Waals surface area contributed by atoms with Crippen molar-refractivity contribution >= 4 is 28.9 Å². The third-order valence-corrected chi connectivity index (χ3v) is 7.14. The van der Waals surface area contributed by atoms with Crippen LogP contribution in [0.3, 0.4) is 0 Å². The normalized spacial score (nSPS) is 21.1. The zero-order chi connectivity index (χ0) is 19.7. The number of nitrogens with zero attached hydrogens (tertiary/aromatic N) is 1. The maximum Gasteiger partial charge on any atom is 0.348 e. The van der Waals surface area contributed by atoms with Crippen LogP contribution in [0.5, 0.6) is 0 Å². The summed E-state index contributed by atoms with van der Waals surface area (Å²) in [5.41, 5.74) is 0.816. The summed E-state index contributed by atoms with van der Waals surface area (Å²) < 4.78 is 14.3. The molecule has 1 aliphatic carbocycles. The summed E-state index contributed by atoms with van der Waals surface area (Å²) in [5, 5.41) is 9.79. The SMILES string of the molecule is O=C(O)c1sc(-c2ccccc2F)cc1N1C(=O)CCCC1C1CCCCC1. The smallest absolute Gasteiger partial charge is 0.348 e. The van der Waals surface area contributed by atoms with Gasteiger partial charge in [-0.25, -0.2) is 9.18 Å². The molecule has 1 N–H and O–H groups in total. The zero-order valence-electron chi connectivity index (χ0n) is 15.7. The first-order valence-corrected chi connectivity index (χ1v) is 10.8. The lowest BCUT2D eigenvalue weighted by molar-refractivity contribution is -0.120. The Labute approximate surface area is 168 Å². The van der Waals surface area contributed by atoms with E-state index in [2.05, 4.69) is 0 Å². The number of aromatic carboxylic acids is 1. The Morgan fingerprint density at radius 2 is 1.86 bits per heavy atom. The topological polar surface area (TPSA) is 57.6 Å². The summed E-state index contributed by atoms with van der Waals surface area (Å²) in [6, 6.07) is 8.10. The minimum atomic E-state index is -1.07. The number of carboxylic acids is 1. The Balaban J connectivity index is 1.77. The molecular weight excluding hydrogens is 377 g/mol. The molecule has 2 fully saturated rings. The Bertz CT molecular complexity index is 888. The largest absolute Gasteiger partial charge is 0.477 e. The lowest BCUT2D eigenvalue weighted by Gasteiger charge is -2.41. The van der Waals surface area contributed by atoms with Crippen molar-refractivity contribution < 1.29 is 19.1 Å². The average molecular weight is 402 g/mol. The van der Waals surface area contributed by atoms with Gasteiger partial charge in [0.05, 0.1) is 5.69 Å². The third kappa shape index (κ3) is 3.58. The van der Waals surface area contributed by atoms with Crippen LogP contribution in [0.2, 0.25) is 0 Å². The number of piperidine rings is 1. The summed E-state index contributed by atoms with van der Waals surface area (Å²) in [4.78, 5) is 27.3. The predicted octanol–water partition coefficient (Wildman–Crippen LogP) is 5.72. The number of carbonyl (C=O) groups is 2. The average Bonchev–Trinajstić information content (AvgIpc) is 3.14. The van der Waals surface area contributed by atoms with Crippen molar-refractivity contribution in [1.82, 2.24) is 0 Å². The number of hydrogen-bond acceptors (Lipinski definition) is 3.